The van der Waals surface area contributed by atoms with Crippen LogP contribution in [-0.2, 0) is 14.3 Å². The summed E-state index contributed by atoms with van der Waals surface area (Å²) in [4.78, 5) is 23.1. The smallest absolute Gasteiger partial charge is 0.313 e. The second-order valence-corrected chi connectivity index (χ2v) is 4.63. The Hall–Kier alpha value is -1.72. The first kappa shape index (κ1) is 16.3. The lowest BCUT2D eigenvalue weighted by atomic mass is 10.1. The Morgan fingerprint density at radius 1 is 1.25 bits per heavy atom. The summed E-state index contributed by atoms with van der Waals surface area (Å²) in [6.07, 6.45) is -1.71. The highest BCUT2D eigenvalue weighted by atomic mass is 16.5. The van der Waals surface area contributed by atoms with E-state index in [9.17, 15) is 14.7 Å². The van der Waals surface area contributed by atoms with Crippen molar-refractivity contribution in [3.05, 3.63) is 35.9 Å². The zero-order chi connectivity index (χ0) is 15.0. The quantitative estimate of drug-likeness (QED) is 0.555. The molecule has 1 aromatic carbocycles. The Labute approximate surface area is 118 Å². The molecule has 20 heavy (non-hydrogen) atoms. The van der Waals surface area contributed by atoms with Crippen LogP contribution in [0.4, 0.5) is 0 Å². The number of Topliss-reactive ketones (excluding diaryl/α,β-unsaturated/α-hetero) is 1. The van der Waals surface area contributed by atoms with Crippen LogP contribution in [0.15, 0.2) is 30.3 Å². The molecule has 0 radical (unpaired) electrons. The van der Waals surface area contributed by atoms with Crippen LogP contribution in [0.1, 0.15) is 37.9 Å². The molecule has 0 aliphatic rings. The summed E-state index contributed by atoms with van der Waals surface area (Å²) in [6, 6.07) is 9.23. The molecule has 2 N–H and O–H groups in total. The molecule has 0 unspecified atom stereocenters. The Bertz CT molecular complexity index is 429. The van der Waals surface area contributed by atoms with Gasteiger partial charge in [-0.1, -0.05) is 30.3 Å². The van der Waals surface area contributed by atoms with Crippen LogP contribution in [-0.4, -0.2) is 34.7 Å². The average Bonchev–Trinajstić information content (AvgIpc) is 2.39. The van der Waals surface area contributed by atoms with E-state index in [2.05, 4.69) is 0 Å². The van der Waals surface area contributed by atoms with Crippen LogP contribution in [0.5, 0.6) is 0 Å². The number of aliphatic hydroxyl groups excluding tert-OH is 2. The van der Waals surface area contributed by atoms with Gasteiger partial charge in [0.15, 0.2) is 0 Å². The minimum Gasteiger partial charge on any atom is -0.457 e. The number of esters is 1. The summed E-state index contributed by atoms with van der Waals surface area (Å²) >= 11 is 0. The van der Waals surface area contributed by atoms with Crippen LogP contribution >= 0.6 is 0 Å². The van der Waals surface area contributed by atoms with E-state index in [1.807, 2.05) is 30.3 Å². The van der Waals surface area contributed by atoms with Gasteiger partial charge in [0.2, 0.25) is 0 Å². The fourth-order valence-corrected chi connectivity index (χ4v) is 1.78. The molecule has 110 valence electrons. The third-order valence-corrected chi connectivity index (χ3v) is 2.84. The Balaban J connectivity index is 2.38. The number of carbonyl (C=O) groups excluding carboxylic acids is 2. The highest BCUT2D eigenvalue weighted by Crippen LogP contribution is 2.16. The lowest BCUT2D eigenvalue weighted by molar-refractivity contribution is -0.150. The molecule has 5 heteroatoms. The van der Waals surface area contributed by atoms with Crippen LogP contribution in [0.3, 0.4) is 0 Å². The van der Waals surface area contributed by atoms with Gasteiger partial charge in [0, 0.05) is 13.0 Å². The molecule has 0 saturated heterocycles. The highest BCUT2D eigenvalue weighted by molar-refractivity contribution is 5.95. The number of benzene rings is 1. The summed E-state index contributed by atoms with van der Waals surface area (Å²) in [7, 11) is 0. The Morgan fingerprint density at radius 2 is 1.90 bits per heavy atom. The zero-order valence-electron chi connectivity index (χ0n) is 11.5. The normalized spacial score (nSPS) is 13.6. The summed E-state index contributed by atoms with van der Waals surface area (Å²) in [5, 5.41) is 18.0. The average molecular weight is 280 g/mol. The molecule has 0 aromatic heterocycles. The van der Waals surface area contributed by atoms with Crippen molar-refractivity contribution in [2.75, 3.05) is 6.61 Å². The van der Waals surface area contributed by atoms with Crippen LogP contribution < -0.4 is 0 Å². The fraction of sp³-hybridized carbons (Fsp3) is 0.467. The molecular weight excluding hydrogens is 260 g/mol. The molecule has 1 rings (SSSR count). The van der Waals surface area contributed by atoms with Gasteiger partial charge in [-0.25, -0.2) is 0 Å². The maximum absolute atomic E-state index is 11.6. The van der Waals surface area contributed by atoms with Crippen molar-refractivity contribution >= 4 is 11.8 Å². The van der Waals surface area contributed by atoms with Crippen LogP contribution in [0, 0.1) is 0 Å². The summed E-state index contributed by atoms with van der Waals surface area (Å²) in [6.45, 7) is 1.54. The fourth-order valence-electron chi connectivity index (χ4n) is 1.78. The van der Waals surface area contributed by atoms with E-state index in [-0.39, 0.29) is 25.9 Å². The molecular formula is C15H20O5. The molecule has 0 fully saturated rings. The maximum atomic E-state index is 11.6. The minimum absolute atomic E-state index is 0.126. The Morgan fingerprint density at radius 3 is 2.50 bits per heavy atom. The number of ketones is 1. The third-order valence-electron chi connectivity index (χ3n) is 2.84. The summed E-state index contributed by atoms with van der Waals surface area (Å²) in [5.74, 6) is -1.00. The van der Waals surface area contributed by atoms with Gasteiger partial charge in [0.1, 0.15) is 18.3 Å². The van der Waals surface area contributed by atoms with E-state index < -0.39 is 24.0 Å². The third kappa shape index (κ3) is 5.95. The predicted octanol–water partition coefficient (Wildman–Crippen LogP) is 1.38. The van der Waals surface area contributed by atoms with E-state index in [0.717, 1.165) is 5.56 Å². The van der Waals surface area contributed by atoms with Gasteiger partial charge >= 0.3 is 5.97 Å². The van der Waals surface area contributed by atoms with Crippen LogP contribution in [0.2, 0.25) is 0 Å². The van der Waals surface area contributed by atoms with Crippen molar-refractivity contribution in [1.29, 1.82) is 0 Å². The number of rotatable bonds is 8. The number of ether oxygens (including phenoxy) is 1. The van der Waals surface area contributed by atoms with Crippen molar-refractivity contribution < 1.29 is 24.5 Å². The van der Waals surface area contributed by atoms with Gasteiger partial charge in [-0.05, 0) is 18.9 Å². The zero-order valence-corrected chi connectivity index (χ0v) is 11.5. The van der Waals surface area contributed by atoms with E-state index >= 15 is 0 Å². The van der Waals surface area contributed by atoms with Crippen LogP contribution in [0.25, 0.3) is 0 Å². The number of carbonyl (C=O) groups is 2. The molecule has 0 bridgehead atoms. The van der Waals surface area contributed by atoms with E-state index in [4.69, 9.17) is 9.84 Å². The molecule has 0 amide bonds. The SMILES string of the molecule is C[C@@H](OC(=O)CC(=O)C[C@@H](O)CCO)c1ccccc1. The Kier molecular flexibility index (Phi) is 6.90. The number of aliphatic hydroxyl groups is 2. The largest absolute Gasteiger partial charge is 0.457 e. The maximum Gasteiger partial charge on any atom is 0.313 e. The number of hydrogen-bond acceptors (Lipinski definition) is 5. The molecule has 0 heterocycles. The van der Waals surface area contributed by atoms with Gasteiger partial charge in [-0.15, -0.1) is 0 Å². The van der Waals surface area contributed by atoms with Gasteiger partial charge in [-0.2, -0.15) is 0 Å². The first-order valence-corrected chi connectivity index (χ1v) is 6.58. The molecule has 1 aromatic rings. The monoisotopic (exact) mass is 280 g/mol. The first-order chi connectivity index (χ1) is 9.52. The topological polar surface area (TPSA) is 83.8 Å². The van der Waals surface area contributed by atoms with E-state index in [0.29, 0.717) is 0 Å². The van der Waals surface area contributed by atoms with Crippen molar-refractivity contribution in [3.8, 4) is 0 Å². The van der Waals surface area contributed by atoms with Gasteiger partial charge in [-0.3, -0.25) is 9.59 Å². The second-order valence-electron chi connectivity index (χ2n) is 4.63. The predicted molar refractivity (Wildman–Crippen MR) is 72.9 cm³/mol. The number of hydrogen-bond donors (Lipinski definition) is 2. The molecule has 0 aliphatic carbocycles. The highest BCUT2D eigenvalue weighted by Gasteiger charge is 2.17. The van der Waals surface area contributed by atoms with Crippen molar-refractivity contribution in [2.24, 2.45) is 0 Å². The molecule has 0 spiro atoms. The van der Waals surface area contributed by atoms with E-state index in [1.54, 1.807) is 6.92 Å². The molecule has 5 nitrogen and oxygen atoms in total. The lowest BCUT2D eigenvalue weighted by Crippen LogP contribution is -2.19. The molecule has 2 atom stereocenters. The summed E-state index contributed by atoms with van der Waals surface area (Å²) < 4.78 is 5.16. The second kappa shape index (κ2) is 8.45. The molecule has 0 aliphatic heterocycles. The van der Waals surface area contributed by atoms with Crippen molar-refractivity contribution in [3.63, 3.8) is 0 Å². The standard InChI is InChI=1S/C15H20O5/c1-11(12-5-3-2-4-6-12)20-15(19)10-14(18)9-13(17)7-8-16/h2-6,11,13,16-17H,7-10H2,1H3/t11-,13+/m1/s1. The molecule has 0 saturated carbocycles. The van der Waals surface area contributed by atoms with Gasteiger partial charge in [0.05, 0.1) is 6.10 Å². The minimum atomic E-state index is -0.910. The van der Waals surface area contributed by atoms with Crippen molar-refractivity contribution in [1.82, 2.24) is 0 Å². The van der Waals surface area contributed by atoms with Gasteiger partial charge < -0.3 is 14.9 Å². The van der Waals surface area contributed by atoms with Crippen molar-refractivity contribution in [2.45, 2.75) is 38.4 Å². The first-order valence-electron chi connectivity index (χ1n) is 6.58. The lowest BCUT2D eigenvalue weighted by Gasteiger charge is -2.13. The van der Waals surface area contributed by atoms with E-state index in [1.165, 1.54) is 0 Å². The summed E-state index contributed by atoms with van der Waals surface area (Å²) in [5.41, 5.74) is 0.855. The van der Waals surface area contributed by atoms with Gasteiger partial charge in [0.25, 0.3) is 0 Å².